The summed E-state index contributed by atoms with van der Waals surface area (Å²) in [5, 5.41) is 30.9. The van der Waals surface area contributed by atoms with Crippen molar-refractivity contribution in [3.05, 3.63) is 17.2 Å². The normalized spacial score (nSPS) is 14.4. The molecular formula is C16H17N3O4. The first-order chi connectivity index (χ1) is 11.1. The van der Waals surface area contributed by atoms with E-state index in [2.05, 4.69) is 5.32 Å². The Morgan fingerprint density at radius 1 is 1.30 bits per heavy atom. The smallest absolute Gasteiger partial charge is 0.493 e. The van der Waals surface area contributed by atoms with Gasteiger partial charge in [-0.2, -0.15) is 10.5 Å². The monoisotopic (exact) mass is 315 g/mol. The Hall–Kier alpha value is -2.93. The van der Waals surface area contributed by atoms with Gasteiger partial charge in [-0.25, -0.2) is 4.79 Å². The molecule has 0 aliphatic heterocycles. The van der Waals surface area contributed by atoms with Crippen molar-refractivity contribution in [3.63, 3.8) is 0 Å². The van der Waals surface area contributed by atoms with Crippen LogP contribution in [0.1, 0.15) is 43.2 Å². The number of carbonyl (C=O) groups is 1. The number of nitriles is 2. The van der Waals surface area contributed by atoms with Crippen LogP contribution in [0, 0.1) is 22.7 Å². The van der Waals surface area contributed by atoms with Crippen molar-refractivity contribution >= 4 is 11.8 Å². The van der Waals surface area contributed by atoms with E-state index in [1.54, 1.807) is 0 Å². The number of hydrogen-bond donors (Lipinski definition) is 2. The average Bonchev–Trinajstić information content (AvgIpc) is 2.56. The van der Waals surface area contributed by atoms with Crippen LogP contribution >= 0.6 is 0 Å². The van der Waals surface area contributed by atoms with E-state index in [9.17, 15) is 15.3 Å². The highest BCUT2D eigenvalue weighted by Crippen LogP contribution is 2.39. The van der Waals surface area contributed by atoms with Gasteiger partial charge >= 0.3 is 6.16 Å². The summed E-state index contributed by atoms with van der Waals surface area (Å²) in [5.41, 5.74) is 0.495. The molecule has 0 spiro atoms. The van der Waals surface area contributed by atoms with Crippen molar-refractivity contribution in [1.82, 2.24) is 0 Å². The zero-order chi connectivity index (χ0) is 16.8. The first-order valence-corrected chi connectivity index (χ1v) is 7.33. The highest BCUT2D eigenvalue weighted by atomic mass is 16.7. The molecular weight excluding hydrogens is 298 g/mol. The van der Waals surface area contributed by atoms with Crippen LogP contribution in [0.15, 0.2) is 6.07 Å². The molecule has 23 heavy (non-hydrogen) atoms. The van der Waals surface area contributed by atoms with Crippen molar-refractivity contribution < 1.29 is 19.4 Å². The largest absolute Gasteiger partial charge is 0.511 e. The van der Waals surface area contributed by atoms with Gasteiger partial charge in [-0.05, 0) is 12.8 Å². The summed E-state index contributed by atoms with van der Waals surface area (Å²) in [5.74, 6) is -0.158. The predicted octanol–water partition coefficient (Wildman–Crippen LogP) is 3.24. The molecule has 0 aromatic heterocycles. The number of ether oxygens (including phenoxy) is 2. The van der Waals surface area contributed by atoms with Gasteiger partial charge in [-0.1, -0.05) is 19.3 Å². The van der Waals surface area contributed by atoms with Crippen LogP contribution in [0.2, 0.25) is 0 Å². The summed E-state index contributed by atoms with van der Waals surface area (Å²) < 4.78 is 9.77. The second-order valence-electron chi connectivity index (χ2n) is 5.28. The maximum absolute atomic E-state index is 10.9. The van der Waals surface area contributed by atoms with Gasteiger partial charge in [0.05, 0.1) is 18.4 Å². The number of hydrogen-bond acceptors (Lipinski definition) is 6. The van der Waals surface area contributed by atoms with Crippen molar-refractivity contribution in [1.29, 1.82) is 10.5 Å². The molecule has 0 bridgehead atoms. The Morgan fingerprint density at radius 3 is 2.52 bits per heavy atom. The van der Waals surface area contributed by atoms with Gasteiger partial charge in [0, 0.05) is 12.1 Å². The highest BCUT2D eigenvalue weighted by Gasteiger charge is 2.24. The number of anilines is 1. The lowest BCUT2D eigenvalue weighted by molar-refractivity contribution is 0.142. The predicted molar refractivity (Wildman–Crippen MR) is 81.6 cm³/mol. The molecule has 1 saturated carbocycles. The van der Waals surface area contributed by atoms with E-state index in [0.717, 1.165) is 25.7 Å². The first-order valence-electron chi connectivity index (χ1n) is 7.33. The number of carboxylic acid groups (broad SMARTS) is 1. The van der Waals surface area contributed by atoms with E-state index in [1.807, 2.05) is 12.1 Å². The number of nitrogens with one attached hydrogen (secondary N) is 1. The molecule has 0 atom stereocenters. The van der Waals surface area contributed by atoms with Crippen LogP contribution in [0.25, 0.3) is 0 Å². The fraction of sp³-hybridized carbons (Fsp3) is 0.438. The van der Waals surface area contributed by atoms with Crippen LogP contribution < -0.4 is 14.8 Å². The van der Waals surface area contributed by atoms with Crippen LogP contribution in [0.4, 0.5) is 10.5 Å². The SMILES string of the molecule is COc1cc(C#N)c(NC2CCCCC2)c(C#N)c1OC(=O)O. The molecule has 1 aliphatic carbocycles. The zero-order valence-electron chi connectivity index (χ0n) is 12.8. The van der Waals surface area contributed by atoms with Crippen LogP contribution in [-0.4, -0.2) is 24.4 Å². The molecule has 1 aromatic carbocycles. The third-order valence-corrected chi connectivity index (χ3v) is 3.84. The lowest BCUT2D eigenvalue weighted by Crippen LogP contribution is -2.23. The second-order valence-corrected chi connectivity index (χ2v) is 5.28. The Labute approximate surface area is 134 Å². The summed E-state index contributed by atoms with van der Waals surface area (Å²) in [6.45, 7) is 0. The van der Waals surface area contributed by atoms with E-state index in [1.165, 1.54) is 19.6 Å². The van der Waals surface area contributed by atoms with E-state index >= 15 is 0 Å². The molecule has 2 rings (SSSR count). The molecule has 0 amide bonds. The van der Waals surface area contributed by atoms with Gasteiger partial charge in [0.1, 0.15) is 17.7 Å². The average molecular weight is 315 g/mol. The molecule has 1 aromatic rings. The lowest BCUT2D eigenvalue weighted by atomic mass is 9.94. The Bertz CT molecular complexity index is 682. The molecule has 0 unspecified atom stereocenters. The lowest BCUT2D eigenvalue weighted by Gasteiger charge is -2.25. The maximum atomic E-state index is 10.9. The third-order valence-electron chi connectivity index (χ3n) is 3.84. The quantitative estimate of drug-likeness (QED) is 0.647. The van der Waals surface area contributed by atoms with Gasteiger partial charge in [-0.15, -0.1) is 0 Å². The zero-order valence-corrected chi connectivity index (χ0v) is 12.8. The Kier molecular flexibility index (Phi) is 5.27. The summed E-state index contributed by atoms with van der Waals surface area (Å²) in [6, 6.07) is 5.47. The fourth-order valence-corrected chi connectivity index (χ4v) is 2.78. The van der Waals surface area contributed by atoms with Crippen molar-refractivity contribution in [2.45, 2.75) is 38.1 Å². The number of methoxy groups -OCH3 is 1. The summed E-state index contributed by atoms with van der Waals surface area (Å²) in [4.78, 5) is 10.9. The molecule has 1 fully saturated rings. The molecule has 0 saturated heterocycles. The van der Waals surface area contributed by atoms with E-state index < -0.39 is 6.16 Å². The minimum absolute atomic E-state index is 0.0335. The minimum Gasteiger partial charge on any atom is -0.493 e. The number of nitrogens with zero attached hydrogens (tertiary/aromatic N) is 2. The fourth-order valence-electron chi connectivity index (χ4n) is 2.78. The van der Waals surface area contributed by atoms with Gasteiger partial charge in [-0.3, -0.25) is 0 Å². The van der Waals surface area contributed by atoms with E-state index in [-0.39, 0.29) is 28.7 Å². The van der Waals surface area contributed by atoms with Crippen LogP contribution in [0.5, 0.6) is 11.5 Å². The van der Waals surface area contributed by atoms with Crippen LogP contribution in [0.3, 0.4) is 0 Å². The standard InChI is InChI=1S/C16H17N3O4/c1-22-13-7-10(8-17)14(19-11-5-3-2-4-6-11)12(9-18)15(13)23-16(20)21/h7,11,19H,2-6H2,1H3,(H,20,21). The van der Waals surface area contributed by atoms with E-state index in [4.69, 9.17) is 14.6 Å². The third kappa shape index (κ3) is 3.64. The highest BCUT2D eigenvalue weighted by molar-refractivity contribution is 5.77. The molecule has 2 N–H and O–H groups in total. The topological polar surface area (TPSA) is 115 Å². The molecule has 0 radical (unpaired) electrons. The molecule has 0 heterocycles. The summed E-state index contributed by atoms with van der Waals surface area (Å²) in [6.07, 6.45) is 3.66. The molecule has 7 nitrogen and oxygen atoms in total. The summed E-state index contributed by atoms with van der Waals surface area (Å²) in [7, 11) is 1.32. The second kappa shape index (κ2) is 7.37. The molecule has 1 aliphatic rings. The Balaban J connectivity index is 2.51. The first kappa shape index (κ1) is 16.4. The van der Waals surface area contributed by atoms with Crippen molar-refractivity contribution in [2.24, 2.45) is 0 Å². The van der Waals surface area contributed by atoms with Gasteiger partial charge in [0.2, 0.25) is 0 Å². The molecule has 7 heteroatoms. The van der Waals surface area contributed by atoms with Crippen LogP contribution in [-0.2, 0) is 0 Å². The maximum Gasteiger partial charge on any atom is 0.511 e. The van der Waals surface area contributed by atoms with Gasteiger partial charge < -0.3 is 19.9 Å². The number of rotatable bonds is 4. The minimum atomic E-state index is -1.55. The van der Waals surface area contributed by atoms with Gasteiger partial charge in [0.15, 0.2) is 11.5 Å². The van der Waals surface area contributed by atoms with Crippen molar-refractivity contribution in [2.75, 3.05) is 12.4 Å². The van der Waals surface area contributed by atoms with Gasteiger partial charge in [0.25, 0.3) is 0 Å². The van der Waals surface area contributed by atoms with E-state index in [0.29, 0.717) is 5.69 Å². The molecule has 120 valence electrons. The summed E-state index contributed by atoms with van der Waals surface area (Å²) >= 11 is 0. The number of benzene rings is 1. The van der Waals surface area contributed by atoms with Crippen molar-refractivity contribution in [3.8, 4) is 23.6 Å². The Morgan fingerprint density at radius 2 is 2.00 bits per heavy atom.